The Morgan fingerprint density at radius 1 is 1.18 bits per heavy atom. The topological polar surface area (TPSA) is 87.2 Å². The standard InChI is InChI=1S/C31H41N7O2/c1-19-14-20(2)34-31(40)27(19)17-32-30(39)26-16-25-15-23(28-8-11-33-36(28)7)18-38(25)29(21(26)3)22(4)37-12-9-24(10-13-37)35(5)6/h8,11,14-16,18,22,24,27H,9-10,12-13,17H2,1-7H3,(H,32,39). The van der Waals surface area contributed by atoms with Crippen molar-refractivity contribution in [3.05, 3.63) is 59.1 Å². The highest BCUT2D eigenvalue weighted by molar-refractivity contribution is 6.06. The molecule has 2 aliphatic heterocycles. The fourth-order valence-corrected chi connectivity index (χ4v) is 6.33. The molecule has 0 bridgehead atoms. The first-order valence-corrected chi connectivity index (χ1v) is 14.1. The summed E-state index contributed by atoms with van der Waals surface area (Å²) in [6, 6.07) is 6.81. The molecule has 0 saturated carbocycles. The number of carbonyl (C=O) groups excluding carboxylic acids is 2. The average Bonchev–Trinajstić information content (AvgIpc) is 3.52. The number of dihydropyridines is 1. The van der Waals surface area contributed by atoms with Gasteiger partial charge in [-0.2, -0.15) is 5.10 Å². The lowest BCUT2D eigenvalue weighted by atomic mass is 9.95. The number of nitrogens with one attached hydrogen (secondary N) is 1. The molecule has 2 aliphatic rings. The van der Waals surface area contributed by atoms with Crippen molar-refractivity contribution < 1.29 is 9.59 Å². The highest BCUT2D eigenvalue weighted by atomic mass is 16.2. The van der Waals surface area contributed by atoms with Gasteiger partial charge in [-0.05, 0) is 84.5 Å². The number of hydrogen-bond acceptors (Lipinski definition) is 5. The molecule has 1 N–H and O–H groups in total. The summed E-state index contributed by atoms with van der Waals surface area (Å²) in [7, 11) is 6.25. The van der Waals surface area contributed by atoms with Crippen molar-refractivity contribution in [2.24, 2.45) is 18.0 Å². The molecule has 5 heterocycles. The van der Waals surface area contributed by atoms with Crippen LogP contribution in [-0.4, -0.2) is 81.3 Å². The average molecular weight is 544 g/mol. The van der Waals surface area contributed by atoms with Gasteiger partial charge in [-0.25, -0.2) is 4.99 Å². The molecule has 0 radical (unpaired) electrons. The van der Waals surface area contributed by atoms with Gasteiger partial charge in [-0.3, -0.25) is 19.2 Å². The third kappa shape index (κ3) is 5.28. The monoisotopic (exact) mass is 543 g/mol. The number of amides is 2. The van der Waals surface area contributed by atoms with Crippen LogP contribution in [0.2, 0.25) is 0 Å². The number of nitrogens with zero attached hydrogens (tertiary/aromatic N) is 6. The smallest absolute Gasteiger partial charge is 0.254 e. The van der Waals surface area contributed by atoms with E-state index in [4.69, 9.17) is 0 Å². The van der Waals surface area contributed by atoms with Crippen LogP contribution < -0.4 is 5.32 Å². The van der Waals surface area contributed by atoms with Gasteiger partial charge in [0.25, 0.3) is 11.8 Å². The van der Waals surface area contributed by atoms with Gasteiger partial charge in [-0.15, -0.1) is 0 Å². The Morgan fingerprint density at radius 3 is 2.52 bits per heavy atom. The van der Waals surface area contributed by atoms with Crippen molar-refractivity contribution in [3.8, 4) is 11.3 Å². The zero-order valence-electron chi connectivity index (χ0n) is 24.7. The molecule has 0 spiro atoms. The number of hydrogen-bond donors (Lipinski definition) is 1. The molecule has 2 amide bonds. The first kappa shape index (κ1) is 28.0. The van der Waals surface area contributed by atoms with E-state index in [-0.39, 0.29) is 24.4 Å². The second-order valence-electron chi connectivity index (χ2n) is 11.6. The van der Waals surface area contributed by atoms with E-state index in [2.05, 4.69) is 62.9 Å². The number of allylic oxidation sites excluding steroid dienone is 1. The van der Waals surface area contributed by atoms with Crippen LogP contribution in [0.5, 0.6) is 0 Å². The molecular weight excluding hydrogens is 502 g/mol. The number of aliphatic imine (C=N–C) groups is 1. The van der Waals surface area contributed by atoms with Crippen LogP contribution >= 0.6 is 0 Å². The van der Waals surface area contributed by atoms with E-state index in [1.807, 2.05) is 50.7 Å². The van der Waals surface area contributed by atoms with Crippen molar-refractivity contribution in [3.63, 3.8) is 0 Å². The van der Waals surface area contributed by atoms with Crippen molar-refractivity contribution >= 4 is 23.0 Å². The zero-order valence-corrected chi connectivity index (χ0v) is 24.7. The van der Waals surface area contributed by atoms with Crippen molar-refractivity contribution in [1.82, 2.24) is 29.3 Å². The maximum atomic E-state index is 13.7. The van der Waals surface area contributed by atoms with Crippen LogP contribution in [0.25, 0.3) is 16.8 Å². The molecule has 5 rings (SSSR count). The van der Waals surface area contributed by atoms with Gasteiger partial charge in [-0.1, -0.05) is 5.57 Å². The highest BCUT2D eigenvalue weighted by Crippen LogP contribution is 2.33. The fourth-order valence-electron chi connectivity index (χ4n) is 6.33. The number of piperidine rings is 1. The van der Waals surface area contributed by atoms with Gasteiger partial charge >= 0.3 is 0 Å². The van der Waals surface area contributed by atoms with Crippen molar-refractivity contribution in [1.29, 1.82) is 0 Å². The zero-order chi connectivity index (χ0) is 28.7. The predicted octanol–water partition coefficient (Wildman–Crippen LogP) is 4.03. The van der Waals surface area contributed by atoms with Crippen molar-refractivity contribution in [2.45, 2.75) is 52.6 Å². The molecular formula is C31H41N7O2. The molecule has 9 nitrogen and oxygen atoms in total. The minimum Gasteiger partial charge on any atom is -0.351 e. The fraction of sp³-hybridized carbons (Fsp3) is 0.484. The van der Waals surface area contributed by atoms with E-state index in [0.717, 1.165) is 59.5 Å². The summed E-state index contributed by atoms with van der Waals surface area (Å²) in [5, 5.41) is 7.40. The Hall–Kier alpha value is -3.56. The van der Waals surface area contributed by atoms with E-state index >= 15 is 0 Å². The minimum atomic E-state index is -0.433. The van der Waals surface area contributed by atoms with Gasteiger partial charge in [0.1, 0.15) is 0 Å². The SMILES string of the molecule is CC1=CC(C)=NC(=O)C1CNC(=O)c1cc2cc(-c3ccnn3C)cn2c(C(C)N2CCC(N(C)C)CC2)c1C. The van der Waals surface area contributed by atoms with E-state index in [0.29, 0.717) is 17.3 Å². The van der Waals surface area contributed by atoms with Crippen molar-refractivity contribution in [2.75, 3.05) is 33.7 Å². The van der Waals surface area contributed by atoms with Crippen LogP contribution in [0.1, 0.15) is 61.3 Å². The Balaban J connectivity index is 1.50. The number of carbonyl (C=O) groups is 2. The Labute approximate surface area is 236 Å². The summed E-state index contributed by atoms with van der Waals surface area (Å²) in [4.78, 5) is 35.1. The highest BCUT2D eigenvalue weighted by Gasteiger charge is 2.29. The van der Waals surface area contributed by atoms with Crippen LogP contribution in [0.4, 0.5) is 0 Å². The number of fused-ring (bicyclic) bond motifs is 1. The van der Waals surface area contributed by atoms with Gasteiger partial charge < -0.3 is 14.6 Å². The maximum Gasteiger partial charge on any atom is 0.254 e. The first-order chi connectivity index (χ1) is 19.0. The summed E-state index contributed by atoms with van der Waals surface area (Å²) >= 11 is 0. The molecule has 3 aromatic heterocycles. The molecule has 1 fully saturated rings. The van der Waals surface area contributed by atoms with Crippen LogP contribution in [-0.2, 0) is 11.8 Å². The van der Waals surface area contributed by atoms with Gasteiger partial charge in [0.05, 0.1) is 11.6 Å². The second-order valence-corrected chi connectivity index (χ2v) is 11.6. The van der Waals surface area contributed by atoms with Gasteiger partial charge in [0.15, 0.2) is 0 Å². The third-order valence-corrected chi connectivity index (χ3v) is 8.76. The first-order valence-electron chi connectivity index (χ1n) is 14.1. The summed E-state index contributed by atoms with van der Waals surface area (Å²) in [6.45, 7) is 10.3. The van der Waals surface area contributed by atoms with E-state index in [1.54, 1.807) is 6.20 Å². The van der Waals surface area contributed by atoms with Crippen LogP contribution in [0, 0.1) is 12.8 Å². The molecule has 9 heteroatoms. The lowest BCUT2D eigenvalue weighted by Gasteiger charge is -2.39. The maximum absolute atomic E-state index is 13.7. The summed E-state index contributed by atoms with van der Waals surface area (Å²) in [5.41, 5.74) is 7.37. The number of pyridine rings is 1. The van der Waals surface area contributed by atoms with Gasteiger partial charge in [0.2, 0.25) is 0 Å². The number of aromatic nitrogens is 3. The Kier molecular flexibility index (Phi) is 7.79. The molecule has 212 valence electrons. The minimum absolute atomic E-state index is 0.118. The number of rotatable bonds is 7. The molecule has 40 heavy (non-hydrogen) atoms. The lowest BCUT2D eigenvalue weighted by molar-refractivity contribution is -0.120. The molecule has 2 unspecified atom stereocenters. The Morgan fingerprint density at radius 2 is 1.90 bits per heavy atom. The normalized spacial score (nSPS) is 19.7. The van der Waals surface area contributed by atoms with Crippen LogP contribution in [0.3, 0.4) is 0 Å². The van der Waals surface area contributed by atoms with E-state index in [1.165, 1.54) is 0 Å². The Bertz CT molecular complexity index is 1500. The van der Waals surface area contributed by atoms with E-state index in [9.17, 15) is 9.59 Å². The van der Waals surface area contributed by atoms with Gasteiger partial charge in [0, 0.05) is 79.2 Å². The molecule has 0 aliphatic carbocycles. The summed E-state index contributed by atoms with van der Waals surface area (Å²) in [6.07, 6.45) is 8.12. The molecule has 1 saturated heterocycles. The lowest BCUT2D eigenvalue weighted by Crippen LogP contribution is -2.43. The second kappa shape index (κ2) is 11.1. The van der Waals surface area contributed by atoms with Crippen LogP contribution in [0.15, 0.2) is 47.2 Å². The number of aryl methyl sites for hydroxylation is 1. The quantitative estimate of drug-likeness (QED) is 0.486. The number of likely N-dealkylation sites (tertiary alicyclic amines) is 1. The summed E-state index contributed by atoms with van der Waals surface area (Å²) < 4.78 is 4.11. The van der Waals surface area contributed by atoms with E-state index < -0.39 is 5.92 Å². The molecule has 3 aromatic rings. The molecule has 0 aromatic carbocycles. The molecule has 2 atom stereocenters. The largest absolute Gasteiger partial charge is 0.351 e. The predicted molar refractivity (Wildman–Crippen MR) is 159 cm³/mol. The summed E-state index contributed by atoms with van der Waals surface area (Å²) in [5.74, 6) is -0.805. The third-order valence-electron chi connectivity index (χ3n) is 8.76.